The van der Waals surface area contributed by atoms with Crippen LogP contribution in [-0.2, 0) is 6.54 Å². The maximum atomic E-state index is 5.43. The summed E-state index contributed by atoms with van der Waals surface area (Å²) >= 11 is 0. The van der Waals surface area contributed by atoms with Crippen molar-refractivity contribution < 1.29 is 4.74 Å². The average Bonchev–Trinajstić information content (AvgIpc) is 2.47. The Morgan fingerprint density at radius 3 is 2.42 bits per heavy atom. The molecule has 3 nitrogen and oxygen atoms in total. The minimum atomic E-state index is 0.535. The van der Waals surface area contributed by atoms with Crippen LogP contribution in [0.1, 0.15) is 5.56 Å². The third-order valence-corrected chi connectivity index (χ3v) is 2.59. The number of rotatable bonds is 7. The lowest BCUT2D eigenvalue weighted by Crippen LogP contribution is -2.20. The highest BCUT2D eigenvalue weighted by atomic mass is 16.5. The highest BCUT2D eigenvalue weighted by molar-refractivity contribution is 5.41. The van der Waals surface area contributed by atoms with Crippen LogP contribution in [0.25, 0.3) is 0 Å². The van der Waals surface area contributed by atoms with Crippen molar-refractivity contribution >= 4 is 5.69 Å². The average molecular weight is 254 g/mol. The highest BCUT2D eigenvalue weighted by Crippen LogP contribution is 2.12. The van der Waals surface area contributed by atoms with Crippen molar-refractivity contribution in [1.29, 1.82) is 0 Å². The SMILES string of the molecule is C=CCOc1ccc(CNNc2ccccc2)cc1. The molecule has 0 amide bonds. The van der Waals surface area contributed by atoms with E-state index in [1.54, 1.807) is 6.08 Å². The first-order valence-corrected chi connectivity index (χ1v) is 6.25. The van der Waals surface area contributed by atoms with E-state index in [4.69, 9.17) is 4.74 Å². The van der Waals surface area contributed by atoms with Crippen LogP contribution in [0.3, 0.4) is 0 Å². The predicted octanol–water partition coefficient (Wildman–Crippen LogP) is 3.37. The topological polar surface area (TPSA) is 33.3 Å². The largest absolute Gasteiger partial charge is 0.490 e. The normalized spacial score (nSPS) is 9.89. The number of hydrogen-bond donors (Lipinski definition) is 2. The second-order valence-corrected chi connectivity index (χ2v) is 4.09. The molecule has 98 valence electrons. The molecule has 0 bridgehead atoms. The van der Waals surface area contributed by atoms with Gasteiger partial charge in [-0.25, -0.2) is 5.43 Å². The van der Waals surface area contributed by atoms with Gasteiger partial charge in [0.05, 0.1) is 0 Å². The number of para-hydroxylation sites is 1. The number of hydrazine groups is 1. The lowest BCUT2D eigenvalue weighted by Gasteiger charge is -2.09. The molecule has 2 N–H and O–H groups in total. The number of benzene rings is 2. The molecule has 19 heavy (non-hydrogen) atoms. The van der Waals surface area contributed by atoms with E-state index in [1.165, 1.54) is 5.56 Å². The van der Waals surface area contributed by atoms with Crippen LogP contribution in [0, 0.1) is 0 Å². The molecule has 2 aromatic carbocycles. The standard InChI is InChI=1S/C16H18N2O/c1-2-12-19-16-10-8-14(9-11-16)13-17-18-15-6-4-3-5-7-15/h2-11,17-18H,1,12-13H2. The number of nitrogens with one attached hydrogen (secondary N) is 2. The summed E-state index contributed by atoms with van der Waals surface area (Å²) < 4.78 is 5.43. The van der Waals surface area contributed by atoms with Crippen LogP contribution in [0.4, 0.5) is 5.69 Å². The Morgan fingerprint density at radius 1 is 1.00 bits per heavy atom. The molecule has 0 atom stereocenters. The molecule has 0 aliphatic heterocycles. The molecule has 0 aliphatic rings. The van der Waals surface area contributed by atoms with Crippen molar-refractivity contribution in [1.82, 2.24) is 5.43 Å². The fraction of sp³-hybridized carbons (Fsp3) is 0.125. The van der Waals surface area contributed by atoms with Gasteiger partial charge >= 0.3 is 0 Å². The summed E-state index contributed by atoms with van der Waals surface area (Å²) in [6.45, 7) is 4.90. The van der Waals surface area contributed by atoms with Gasteiger partial charge < -0.3 is 10.2 Å². The van der Waals surface area contributed by atoms with Crippen molar-refractivity contribution in [2.24, 2.45) is 0 Å². The van der Waals surface area contributed by atoms with Gasteiger partial charge in [0.15, 0.2) is 0 Å². The number of ether oxygens (including phenoxy) is 1. The van der Waals surface area contributed by atoms with E-state index in [1.807, 2.05) is 54.6 Å². The van der Waals surface area contributed by atoms with Gasteiger partial charge in [-0.15, -0.1) is 0 Å². The maximum Gasteiger partial charge on any atom is 0.119 e. The molecule has 0 aliphatic carbocycles. The van der Waals surface area contributed by atoms with Gasteiger partial charge in [-0.1, -0.05) is 43.0 Å². The van der Waals surface area contributed by atoms with Crippen LogP contribution < -0.4 is 15.6 Å². The number of anilines is 1. The lowest BCUT2D eigenvalue weighted by atomic mass is 10.2. The van der Waals surface area contributed by atoms with Crippen LogP contribution in [-0.4, -0.2) is 6.61 Å². The molecule has 2 aromatic rings. The molecule has 0 saturated heterocycles. The second kappa shape index (κ2) is 7.24. The van der Waals surface area contributed by atoms with Crippen molar-refractivity contribution in [3.8, 4) is 5.75 Å². The Balaban J connectivity index is 1.78. The zero-order chi connectivity index (χ0) is 13.3. The molecule has 0 spiro atoms. The Morgan fingerprint density at radius 2 is 1.74 bits per heavy atom. The van der Waals surface area contributed by atoms with Crippen molar-refractivity contribution in [2.75, 3.05) is 12.0 Å². The van der Waals surface area contributed by atoms with Gasteiger partial charge in [0, 0.05) is 12.2 Å². The van der Waals surface area contributed by atoms with Gasteiger partial charge in [0.1, 0.15) is 12.4 Å². The minimum Gasteiger partial charge on any atom is -0.490 e. The van der Waals surface area contributed by atoms with E-state index in [9.17, 15) is 0 Å². The lowest BCUT2D eigenvalue weighted by molar-refractivity contribution is 0.363. The molecule has 2 rings (SSSR count). The van der Waals surface area contributed by atoms with Gasteiger partial charge in [0.25, 0.3) is 0 Å². The molecule has 0 saturated carbocycles. The fourth-order valence-electron chi connectivity index (χ4n) is 1.63. The predicted molar refractivity (Wildman–Crippen MR) is 79.0 cm³/mol. The van der Waals surface area contributed by atoms with Crippen molar-refractivity contribution in [3.63, 3.8) is 0 Å². The van der Waals surface area contributed by atoms with E-state index in [0.29, 0.717) is 6.61 Å². The summed E-state index contributed by atoms with van der Waals surface area (Å²) in [4.78, 5) is 0. The monoisotopic (exact) mass is 254 g/mol. The van der Waals surface area contributed by atoms with Crippen LogP contribution >= 0.6 is 0 Å². The molecule has 0 aromatic heterocycles. The zero-order valence-electron chi connectivity index (χ0n) is 10.8. The summed E-state index contributed by atoms with van der Waals surface area (Å²) in [5, 5.41) is 0. The summed E-state index contributed by atoms with van der Waals surface area (Å²) in [6.07, 6.45) is 1.74. The molecule has 0 fully saturated rings. The smallest absolute Gasteiger partial charge is 0.119 e. The maximum absolute atomic E-state index is 5.43. The molecular weight excluding hydrogens is 236 g/mol. The molecule has 3 heteroatoms. The Kier molecular flexibility index (Phi) is 5.02. The summed E-state index contributed by atoms with van der Waals surface area (Å²) in [5.74, 6) is 0.861. The quantitative estimate of drug-likeness (QED) is 0.587. The fourth-order valence-corrected chi connectivity index (χ4v) is 1.63. The van der Waals surface area contributed by atoms with E-state index in [2.05, 4.69) is 17.4 Å². The Labute approximate surface area is 113 Å². The summed E-state index contributed by atoms with van der Waals surface area (Å²) in [7, 11) is 0. The summed E-state index contributed by atoms with van der Waals surface area (Å²) in [5.41, 5.74) is 8.56. The highest BCUT2D eigenvalue weighted by Gasteiger charge is 1.95. The first kappa shape index (κ1) is 13.2. The molecular formula is C16H18N2O. The van der Waals surface area contributed by atoms with E-state index < -0.39 is 0 Å². The molecule has 0 radical (unpaired) electrons. The van der Waals surface area contributed by atoms with E-state index in [0.717, 1.165) is 18.0 Å². The van der Waals surface area contributed by atoms with Crippen molar-refractivity contribution in [3.05, 3.63) is 72.8 Å². The van der Waals surface area contributed by atoms with Crippen molar-refractivity contribution in [2.45, 2.75) is 6.54 Å². The Bertz CT molecular complexity index is 494. The second-order valence-electron chi connectivity index (χ2n) is 4.09. The van der Waals surface area contributed by atoms with E-state index in [-0.39, 0.29) is 0 Å². The van der Waals surface area contributed by atoms with Gasteiger partial charge in [-0.3, -0.25) is 0 Å². The third-order valence-electron chi connectivity index (χ3n) is 2.59. The van der Waals surface area contributed by atoms with E-state index >= 15 is 0 Å². The summed E-state index contributed by atoms with van der Waals surface area (Å²) in [6, 6.07) is 18.0. The van der Waals surface area contributed by atoms with Gasteiger partial charge in [-0.05, 0) is 29.8 Å². The molecule has 0 heterocycles. The Hall–Kier alpha value is -2.26. The first-order valence-electron chi connectivity index (χ1n) is 6.25. The van der Waals surface area contributed by atoms with Gasteiger partial charge in [0.2, 0.25) is 0 Å². The van der Waals surface area contributed by atoms with Crippen LogP contribution in [0.5, 0.6) is 5.75 Å². The van der Waals surface area contributed by atoms with Crippen LogP contribution in [0.2, 0.25) is 0 Å². The molecule has 0 unspecified atom stereocenters. The first-order chi connectivity index (χ1) is 9.38. The zero-order valence-corrected chi connectivity index (χ0v) is 10.8. The van der Waals surface area contributed by atoms with Crippen LogP contribution in [0.15, 0.2) is 67.3 Å². The van der Waals surface area contributed by atoms with Gasteiger partial charge in [-0.2, -0.15) is 0 Å². The number of hydrogen-bond acceptors (Lipinski definition) is 3. The minimum absolute atomic E-state index is 0.535. The third kappa shape index (κ3) is 4.48.